The van der Waals surface area contributed by atoms with Crippen LogP contribution in [0.3, 0.4) is 0 Å². The Kier molecular flexibility index (Phi) is 3.83. The molecule has 1 aliphatic carbocycles. The quantitative estimate of drug-likeness (QED) is 0.362. The van der Waals surface area contributed by atoms with Gasteiger partial charge >= 0.3 is 0 Å². The molecule has 1 N–H and O–H groups in total. The lowest BCUT2D eigenvalue weighted by molar-refractivity contribution is 0.311. The zero-order valence-electron chi connectivity index (χ0n) is 9.14. The summed E-state index contributed by atoms with van der Waals surface area (Å²) in [7, 11) is 0. The molecule has 0 saturated heterocycles. The lowest BCUT2D eigenvalue weighted by atomic mass is 9.83. The normalized spacial score (nSPS) is 26.7. The number of rotatable bonds is 2. The molecule has 2 rings (SSSR count). The first-order chi connectivity index (χ1) is 7.81. The van der Waals surface area contributed by atoms with Crippen molar-refractivity contribution in [3.8, 4) is 0 Å². The number of hydrogen-bond acceptors (Lipinski definition) is 2. The SMILES string of the molecule is ON=C(c1ccccc1)C1CCC(Cl)CC1. The van der Waals surface area contributed by atoms with E-state index in [2.05, 4.69) is 5.16 Å². The molecule has 0 amide bonds. The predicted octanol–water partition coefficient (Wildman–Crippen LogP) is 3.66. The zero-order valence-corrected chi connectivity index (χ0v) is 9.90. The fourth-order valence-electron chi connectivity index (χ4n) is 2.31. The van der Waals surface area contributed by atoms with Gasteiger partial charge < -0.3 is 5.21 Å². The van der Waals surface area contributed by atoms with Crippen LogP contribution >= 0.6 is 11.6 Å². The van der Waals surface area contributed by atoms with Crippen LogP contribution in [0.25, 0.3) is 0 Å². The summed E-state index contributed by atoms with van der Waals surface area (Å²) in [6.07, 6.45) is 4.06. The van der Waals surface area contributed by atoms with Gasteiger partial charge in [0.05, 0.1) is 5.71 Å². The van der Waals surface area contributed by atoms with Crippen molar-refractivity contribution in [1.29, 1.82) is 0 Å². The monoisotopic (exact) mass is 237 g/mol. The van der Waals surface area contributed by atoms with Crippen molar-refractivity contribution < 1.29 is 5.21 Å². The third-order valence-corrected chi connectivity index (χ3v) is 3.66. The van der Waals surface area contributed by atoms with Gasteiger partial charge in [-0.25, -0.2) is 0 Å². The van der Waals surface area contributed by atoms with Crippen LogP contribution in [0.5, 0.6) is 0 Å². The van der Waals surface area contributed by atoms with Gasteiger partial charge in [-0.05, 0) is 31.2 Å². The van der Waals surface area contributed by atoms with Crippen LogP contribution in [0, 0.1) is 5.92 Å². The smallest absolute Gasteiger partial charge is 0.0898 e. The van der Waals surface area contributed by atoms with Crippen molar-refractivity contribution >= 4 is 17.3 Å². The van der Waals surface area contributed by atoms with E-state index < -0.39 is 0 Å². The average Bonchev–Trinajstić information content (AvgIpc) is 2.34. The van der Waals surface area contributed by atoms with Crippen LogP contribution in [0.4, 0.5) is 0 Å². The Morgan fingerprint density at radius 3 is 2.31 bits per heavy atom. The van der Waals surface area contributed by atoms with Crippen LogP contribution in [0.2, 0.25) is 0 Å². The minimum absolute atomic E-state index is 0.298. The zero-order chi connectivity index (χ0) is 11.4. The third-order valence-electron chi connectivity index (χ3n) is 3.22. The molecule has 0 aromatic heterocycles. The molecule has 0 heterocycles. The number of benzene rings is 1. The molecule has 3 heteroatoms. The molecule has 0 bridgehead atoms. The maximum absolute atomic E-state index is 9.15. The standard InChI is InChI=1S/C13H16ClNO/c14-12-8-6-11(7-9-12)13(15-16)10-4-2-1-3-5-10/h1-5,11-12,16H,6-9H2. The van der Waals surface area contributed by atoms with Crippen LogP contribution in [-0.2, 0) is 0 Å². The second-order valence-electron chi connectivity index (χ2n) is 4.30. The van der Waals surface area contributed by atoms with Crippen LogP contribution < -0.4 is 0 Å². The summed E-state index contributed by atoms with van der Waals surface area (Å²) in [4.78, 5) is 0. The van der Waals surface area contributed by atoms with Gasteiger partial charge in [-0.15, -0.1) is 11.6 Å². The van der Waals surface area contributed by atoms with Crippen molar-refractivity contribution in [1.82, 2.24) is 0 Å². The maximum atomic E-state index is 9.15. The Morgan fingerprint density at radius 1 is 1.12 bits per heavy atom. The molecular weight excluding hydrogens is 222 g/mol. The molecule has 16 heavy (non-hydrogen) atoms. The minimum atomic E-state index is 0.298. The van der Waals surface area contributed by atoms with Crippen molar-refractivity contribution in [3.05, 3.63) is 35.9 Å². The van der Waals surface area contributed by atoms with Crippen LogP contribution in [0.1, 0.15) is 31.2 Å². The lowest BCUT2D eigenvalue weighted by Crippen LogP contribution is -2.22. The van der Waals surface area contributed by atoms with Gasteiger partial charge in [-0.3, -0.25) is 0 Å². The van der Waals surface area contributed by atoms with E-state index in [-0.39, 0.29) is 0 Å². The summed E-state index contributed by atoms with van der Waals surface area (Å²) >= 11 is 6.07. The van der Waals surface area contributed by atoms with E-state index in [0.29, 0.717) is 11.3 Å². The first kappa shape index (κ1) is 11.5. The number of alkyl halides is 1. The maximum Gasteiger partial charge on any atom is 0.0898 e. The molecule has 0 spiro atoms. The fraction of sp³-hybridized carbons (Fsp3) is 0.462. The van der Waals surface area contributed by atoms with E-state index in [1.807, 2.05) is 30.3 Å². The largest absolute Gasteiger partial charge is 0.411 e. The predicted molar refractivity (Wildman–Crippen MR) is 66.4 cm³/mol. The third kappa shape index (κ3) is 2.56. The van der Waals surface area contributed by atoms with Gasteiger partial charge in [0.1, 0.15) is 0 Å². The Bertz CT molecular complexity index is 355. The highest BCUT2D eigenvalue weighted by Crippen LogP contribution is 2.30. The van der Waals surface area contributed by atoms with Crippen molar-refractivity contribution in [2.75, 3.05) is 0 Å². The van der Waals surface area contributed by atoms with Crippen molar-refractivity contribution in [3.63, 3.8) is 0 Å². The topological polar surface area (TPSA) is 32.6 Å². The van der Waals surface area contributed by atoms with Gasteiger partial charge in [0.15, 0.2) is 0 Å². The Labute approximate surface area is 101 Å². The van der Waals surface area contributed by atoms with E-state index in [0.717, 1.165) is 37.0 Å². The lowest BCUT2D eigenvalue weighted by Gasteiger charge is -2.25. The van der Waals surface area contributed by atoms with Gasteiger partial charge in [-0.1, -0.05) is 35.5 Å². The highest BCUT2D eigenvalue weighted by molar-refractivity contribution is 6.20. The fourth-order valence-corrected chi connectivity index (χ4v) is 2.56. The summed E-state index contributed by atoms with van der Waals surface area (Å²) < 4.78 is 0. The Morgan fingerprint density at radius 2 is 1.75 bits per heavy atom. The molecule has 0 atom stereocenters. The highest BCUT2D eigenvalue weighted by Gasteiger charge is 2.24. The molecule has 0 radical (unpaired) electrons. The molecule has 1 aromatic carbocycles. The van der Waals surface area contributed by atoms with Gasteiger partial charge in [0, 0.05) is 11.3 Å². The summed E-state index contributed by atoms with van der Waals surface area (Å²) in [5.41, 5.74) is 1.83. The van der Waals surface area contributed by atoms with E-state index in [1.165, 1.54) is 0 Å². The molecule has 1 aliphatic rings. The summed E-state index contributed by atoms with van der Waals surface area (Å²) in [5.74, 6) is 0.349. The van der Waals surface area contributed by atoms with E-state index in [9.17, 15) is 0 Å². The molecule has 0 aliphatic heterocycles. The van der Waals surface area contributed by atoms with Gasteiger partial charge in [-0.2, -0.15) is 0 Å². The van der Waals surface area contributed by atoms with Crippen molar-refractivity contribution in [2.24, 2.45) is 11.1 Å². The average molecular weight is 238 g/mol. The first-order valence-electron chi connectivity index (χ1n) is 5.72. The molecule has 2 nitrogen and oxygen atoms in total. The summed E-state index contributed by atoms with van der Waals surface area (Å²) in [5, 5.41) is 12.9. The molecular formula is C13H16ClNO. The Hall–Kier alpha value is -1.02. The molecule has 0 unspecified atom stereocenters. The van der Waals surface area contributed by atoms with Gasteiger partial charge in [0.2, 0.25) is 0 Å². The first-order valence-corrected chi connectivity index (χ1v) is 6.16. The van der Waals surface area contributed by atoms with Crippen LogP contribution in [0.15, 0.2) is 35.5 Å². The molecule has 86 valence electrons. The molecule has 1 aromatic rings. The van der Waals surface area contributed by atoms with Gasteiger partial charge in [0.25, 0.3) is 0 Å². The Balaban J connectivity index is 2.12. The highest BCUT2D eigenvalue weighted by atomic mass is 35.5. The second-order valence-corrected chi connectivity index (χ2v) is 4.92. The van der Waals surface area contributed by atoms with E-state index in [1.54, 1.807) is 0 Å². The van der Waals surface area contributed by atoms with E-state index in [4.69, 9.17) is 16.8 Å². The van der Waals surface area contributed by atoms with E-state index >= 15 is 0 Å². The number of hydrogen-bond donors (Lipinski definition) is 1. The van der Waals surface area contributed by atoms with Crippen LogP contribution in [-0.4, -0.2) is 16.3 Å². The second kappa shape index (κ2) is 5.35. The summed E-state index contributed by atoms with van der Waals surface area (Å²) in [6, 6.07) is 9.87. The number of halogens is 1. The number of oxime groups is 1. The minimum Gasteiger partial charge on any atom is -0.411 e. The summed E-state index contributed by atoms with van der Waals surface area (Å²) in [6.45, 7) is 0. The molecule has 1 saturated carbocycles. The number of nitrogens with zero attached hydrogens (tertiary/aromatic N) is 1. The molecule has 1 fully saturated rings. The van der Waals surface area contributed by atoms with Crippen molar-refractivity contribution in [2.45, 2.75) is 31.1 Å².